The Morgan fingerprint density at radius 1 is 1.47 bits per heavy atom. The topological polar surface area (TPSA) is 47.6 Å². The van der Waals surface area contributed by atoms with Gasteiger partial charge in [0, 0.05) is 6.42 Å². The maximum absolute atomic E-state index is 5.88. The van der Waals surface area contributed by atoms with Crippen LogP contribution in [0.25, 0.3) is 0 Å². The lowest BCUT2D eigenvalue weighted by molar-refractivity contribution is 0.126. The molecule has 1 aliphatic heterocycles. The van der Waals surface area contributed by atoms with Gasteiger partial charge in [-0.15, -0.1) is 0 Å². The van der Waals surface area contributed by atoms with Crippen LogP contribution in [0.1, 0.15) is 39.5 Å². The monoisotopic (exact) mass is 210 g/mol. The number of hydrogen-bond acceptors (Lipinski definition) is 3. The molecular weight excluding hydrogens is 188 g/mol. The van der Waals surface area contributed by atoms with Crippen LogP contribution in [0.15, 0.2) is 4.99 Å². The second-order valence-corrected chi connectivity index (χ2v) is 5.26. The number of fused-ring (bicyclic) bond motifs is 1. The number of nitrogens with zero attached hydrogens (tertiary/aromatic N) is 1. The van der Waals surface area contributed by atoms with Crippen molar-refractivity contribution in [1.82, 2.24) is 0 Å². The van der Waals surface area contributed by atoms with E-state index >= 15 is 0 Å². The molecule has 0 saturated heterocycles. The Morgan fingerprint density at radius 2 is 2.27 bits per heavy atom. The van der Waals surface area contributed by atoms with Crippen molar-refractivity contribution in [3.05, 3.63) is 0 Å². The molecule has 1 saturated carbocycles. The van der Waals surface area contributed by atoms with Gasteiger partial charge in [0.05, 0.1) is 6.04 Å². The fourth-order valence-corrected chi connectivity index (χ4v) is 2.53. The van der Waals surface area contributed by atoms with Crippen molar-refractivity contribution in [3.63, 3.8) is 0 Å². The van der Waals surface area contributed by atoms with Crippen LogP contribution >= 0.6 is 0 Å². The highest BCUT2D eigenvalue weighted by Crippen LogP contribution is 2.32. The first-order valence-electron chi connectivity index (χ1n) is 6.12. The number of nitrogens with two attached hydrogens (primary N) is 1. The Balaban J connectivity index is 1.93. The van der Waals surface area contributed by atoms with Crippen LogP contribution in [0.4, 0.5) is 0 Å². The van der Waals surface area contributed by atoms with Crippen LogP contribution in [-0.4, -0.2) is 24.6 Å². The summed E-state index contributed by atoms with van der Waals surface area (Å²) in [6.45, 7) is 5.21. The molecule has 0 aromatic heterocycles. The molecule has 3 unspecified atom stereocenters. The van der Waals surface area contributed by atoms with Crippen molar-refractivity contribution in [1.29, 1.82) is 0 Å². The van der Waals surface area contributed by atoms with Crippen molar-refractivity contribution in [2.75, 3.05) is 6.54 Å². The summed E-state index contributed by atoms with van der Waals surface area (Å²) in [5.74, 6) is 2.28. The van der Waals surface area contributed by atoms with Gasteiger partial charge in [-0.1, -0.05) is 13.8 Å². The molecule has 0 aromatic rings. The van der Waals surface area contributed by atoms with Crippen LogP contribution in [-0.2, 0) is 4.74 Å². The van der Waals surface area contributed by atoms with Gasteiger partial charge >= 0.3 is 0 Å². The number of aliphatic imine (C=N–C) groups is 1. The molecule has 1 aliphatic carbocycles. The molecule has 0 radical (unpaired) electrons. The van der Waals surface area contributed by atoms with Gasteiger partial charge in [-0.3, -0.25) is 0 Å². The van der Waals surface area contributed by atoms with E-state index in [2.05, 4.69) is 18.8 Å². The van der Waals surface area contributed by atoms with E-state index in [0.717, 1.165) is 31.7 Å². The molecule has 86 valence electrons. The third-order valence-corrected chi connectivity index (χ3v) is 3.38. The minimum Gasteiger partial charge on any atom is -0.475 e. The van der Waals surface area contributed by atoms with Gasteiger partial charge in [0.1, 0.15) is 6.10 Å². The predicted molar refractivity (Wildman–Crippen MR) is 61.9 cm³/mol. The summed E-state index contributed by atoms with van der Waals surface area (Å²) in [4.78, 5) is 4.69. The molecule has 3 atom stereocenters. The fraction of sp³-hybridized carbons (Fsp3) is 0.917. The Bertz CT molecular complexity index is 250. The predicted octanol–water partition coefficient (Wildman–Crippen LogP) is 1.96. The first-order chi connectivity index (χ1) is 7.19. The summed E-state index contributed by atoms with van der Waals surface area (Å²) in [7, 11) is 0. The summed E-state index contributed by atoms with van der Waals surface area (Å²) in [5.41, 5.74) is 5.71. The van der Waals surface area contributed by atoms with Gasteiger partial charge in [-0.2, -0.15) is 0 Å². The second-order valence-electron chi connectivity index (χ2n) is 5.26. The van der Waals surface area contributed by atoms with Crippen LogP contribution in [0.3, 0.4) is 0 Å². The highest BCUT2D eigenvalue weighted by Gasteiger charge is 2.36. The van der Waals surface area contributed by atoms with E-state index in [-0.39, 0.29) is 0 Å². The minimum atomic E-state index is 0.363. The average Bonchev–Trinajstić information content (AvgIpc) is 2.57. The van der Waals surface area contributed by atoms with E-state index in [1.54, 1.807) is 0 Å². The average molecular weight is 210 g/mol. The fourth-order valence-electron chi connectivity index (χ4n) is 2.53. The molecule has 2 N–H and O–H groups in total. The van der Waals surface area contributed by atoms with Gasteiger partial charge in [-0.25, -0.2) is 4.99 Å². The third-order valence-electron chi connectivity index (χ3n) is 3.38. The van der Waals surface area contributed by atoms with Crippen molar-refractivity contribution >= 4 is 5.90 Å². The second kappa shape index (κ2) is 4.52. The Labute approximate surface area is 92.1 Å². The summed E-state index contributed by atoms with van der Waals surface area (Å²) >= 11 is 0. The Kier molecular flexibility index (Phi) is 3.29. The summed E-state index contributed by atoms with van der Waals surface area (Å²) < 4.78 is 5.88. The maximum atomic E-state index is 5.88. The standard InChI is InChI=1S/C12H22N2O/c1-8(2)5-12-14-10-6-9(7-13)3-4-11(10)15-12/h8-11H,3-7,13H2,1-2H3. The normalized spacial score (nSPS) is 34.9. The Hall–Kier alpha value is -0.570. The zero-order chi connectivity index (χ0) is 10.8. The molecule has 3 heteroatoms. The molecule has 2 aliphatic rings. The molecule has 15 heavy (non-hydrogen) atoms. The van der Waals surface area contributed by atoms with E-state index in [1.807, 2.05) is 0 Å². The first-order valence-corrected chi connectivity index (χ1v) is 6.12. The maximum Gasteiger partial charge on any atom is 0.184 e. The number of ether oxygens (including phenoxy) is 1. The highest BCUT2D eigenvalue weighted by molar-refractivity contribution is 5.78. The van der Waals surface area contributed by atoms with E-state index in [0.29, 0.717) is 24.0 Å². The lowest BCUT2D eigenvalue weighted by atomic mass is 9.84. The van der Waals surface area contributed by atoms with Gasteiger partial charge in [0.25, 0.3) is 0 Å². The van der Waals surface area contributed by atoms with Crippen molar-refractivity contribution in [3.8, 4) is 0 Å². The molecule has 3 nitrogen and oxygen atoms in total. The van der Waals surface area contributed by atoms with Crippen LogP contribution in [0, 0.1) is 11.8 Å². The van der Waals surface area contributed by atoms with Crippen molar-refractivity contribution in [2.45, 2.75) is 51.7 Å². The molecular formula is C12H22N2O. The van der Waals surface area contributed by atoms with E-state index in [1.165, 1.54) is 6.42 Å². The summed E-state index contributed by atoms with van der Waals surface area (Å²) in [6, 6.07) is 0.404. The van der Waals surface area contributed by atoms with Gasteiger partial charge < -0.3 is 10.5 Å². The van der Waals surface area contributed by atoms with Gasteiger partial charge in [0.15, 0.2) is 5.90 Å². The van der Waals surface area contributed by atoms with Gasteiger partial charge in [0.2, 0.25) is 0 Å². The summed E-state index contributed by atoms with van der Waals surface area (Å²) in [5, 5.41) is 0. The zero-order valence-electron chi connectivity index (χ0n) is 9.78. The largest absolute Gasteiger partial charge is 0.475 e. The van der Waals surface area contributed by atoms with Crippen LogP contribution < -0.4 is 5.73 Å². The lowest BCUT2D eigenvalue weighted by Gasteiger charge is -2.28. The molecule has 0 amide bonds. The third kappa shape index (κ3) is 2.51. The molecule has 0 bridgehead atoms. The number of rotatable bonds is 3. The molecule has 0 aromatic carbocycles. The number of hydrogen-bond donors (Lipinski definition) is 1. The molecule has 2 rings (SSSR count). The van der Waals surface area contributed by atoms with Crippen molar-refractivity contribution < 1.29 is 4.74 Å². The minimum absolute atomic E-state index is 0.363. The lowest BCUT2D eigenvalue weighted by Crippen LogP contribution is -2.33. The SMILES string of the molecule is CC(C)CC1=NC2CC(CN)CCC2O1. The quantitative estimate of drug-likeness (QED) is 0.774. The van der Waals surface area contributed by atoms with E-state index < -0.39 is 0 Å². The van der Waals surface area contributed by atoms with Gasteiger partial charge in [-0.05, 0) is 37.6 Å². The Morgan fingerprint density at radius 3 is 2.93 bits per heavy atom. The van der Waals surface area contributed by atoms with E-state index in [4.69, 9.17) is 10.5 Å². The smallest absolute Gasteiger partial charge is 0.184 e. The summed E-state index contributed by atoms with van der Waals surface area (Å²) in [6.07, 6.45) is 4.82. The van der Waals surface area contributed by atoms with Crippen LogP contribution in [0.5, 0.6) is 0 Å². The van der Waals surface area contributed by atoms with Crippen molar-refractivity contribution in [2.24, 2.45) is 22.6 Å². The van der Waals surface area contributed by atoms with E-state index in [9.17, 15) is 0 Å². The highest BCUT2D eigenvalue weighted by atomic mass is 16.5. The molecule has 1 fully saturated rings. The first kappa shape index (κ1) is 10.9. The molecule has 0 spiro atoms. The zero-order valence-corrected chi connectivity index (χ0v) is 9.78. The molecule has 1 heterocycles. The van der Waals surface area contributed by atoms with Crippen LogP contribution in [0.2, 0.25) is 0 Å².